The first-order chi connectivity index (χ1) is 9.08. The minimum atomic E-state index is -0.152. The van der Waals surface area contributed by atoms with Gasteiger partial charge in [-0.15, -0.1) is 18.2 Å². The Balaban J connectivity index is 2.58. The second-order valence-corrected chi connectivity index (χ2v) is 5.68. The number of benzene rings is 1. The van der Waals surface area contributed by atoms with E-state index in [-0.39, 0.29) is 17.7 Å². The molecular formula is C15H20N2OS. The Morgan fingerprint density at radius 2 is 2.00 bits per heavy atom. The number of terminal acetylenes is 1. The minimum absolute atomic E-state index is 0.0318. The van der Waals surface area contributed by atoms with Gasteiger partial charge in [0.2, 0.25) is 5.91 Å². The molecular weight excluding hydrogens is 256 g/mol. The molecule has 3 nitrogen and oxygen atoms in total. The Morgan fingerprint density at radius 3 is 2.53 bits per heavy atom. The Labute approximate surface area is 119 Å². The minimum Gasteiger partial charge on any atom is -0.344 e. The summed E-state index contributed by atoms with van der Waals surface area (Å²) in [7, 11) is 1.94. The standard InChI is InChI=1S/C15H20N2OS/c1-5-10-17-15(18)12(3)19-14-8-6-13(7-9-14)11(2)16-4/h1,6-9,11-12,16H,10H2,2-4H3,(H,17,18). The van der Waals surface area contributed by atoms with Crippen molar-refractivity contribution in [3.05, 3.63) is 29.8 Å². The number of carbonyl (C=O) groups excluding carboxylic acids is 1. The van der Waals surface area contributed by atoms with Crippen molar-refractivity contribution < 1.29 is 4.79 Å². The highest BCUT2D eigenvalue weighted by molar-refractivity contribution is 8.00. The molecule has 0 aromatic heterocycles. The van der Waals surface area contributed by atoms with Gasteiger partial charge in [0, 0.05) is 10.9 Å². The van der Waals surface area contributed by atoms with E-state index in [2.05, 4.69) is 35.6 Å². The van der Waals surface area contributed by atoms with Gasteiger partial charge in [0.15, 0.2) is 0 Å². The van der Waals surface area contributed by atoms with Gasteiger partial charge in [-0.05, 0) is 38.6 Å². The van der Waals surface area contributed by atoms with Gasteiger partial charge in [0.05, 0.1) is 11.8 Å². The summed E-state index contributed by atoms with van der Waals surface area (Å²) in [5, 5.41) is 5.73. The van der Waals surface area contributed by atoms with Crippen LogP contribution >= 0.6 is 11.8 Å². The van der Waals surface area contributed by atoms with Crippen LogP contribution in [0.4, 0.5) is 0 Å². The molecule has 2 unspecified atom stereocenters. The molecule has 0 heterocycles. The van der Waals surface area contributed by atoms with Crippen molar-refractivity contribution in [1.29, 1.82) is 0 Å². The number of carbonyl (C=O) groups is 1. The van der Waals surface area contributed by atoms with Crippen LogP contribution in [0.1, 0.15) is 25.5 Å². The first-order valence-corrected chi connectivity index (χ1v) is 7.11. The lowest BCUT2D eigenvalue weighted by Crippen LogP contribution is -2.31. The Morgan fingerprint density at radius 1 is 1.37 bits per heavy atom. The van der Waals surface area contributed by atoms with Crippen molar-refractivity contribution in [2.24, 2.45) is 0 Å². The first-order valence-electron chi connectivity index (χ1n) is 6.23. The summed E-state index contributed by atoms with van der Waals surface area (Å²) in [5.74, 6) is 2.36. The number of rotatable bonds is 6. The SMILES string of the molecule is C#CCNC(=O)C(C)Sc1ccc(C(C)NC)cc1. The van der Waals surface area contributed by atoms with E-state index in [9.17, 15) is 4.79 Å². The van der Waals surface area contributed by atoms with Gasteiger partial charge >= 0.3 is 0 Å². The van der Waals surface area contributed by atoms with Gasteiger partial charge in [-0.25, -0.2) is 0 Å². The maximum absolute atomic E-state index is 11.7. The molecule has 4 heteroatoms. The molecule has 1 rings (SSSR count). The summed E-state index contributed by atoms with van der Waals surface area (Å²) in [4.78, 5) is 12.8. The molecule has 102 valence electrons. The topological polar surface area (TPSA) is 41.1 Å². The quantitative estimate of drug-likeness (QED) is 0.618. The monoisotopic (exact) mass is 276 g/mol. The smallest absolute Gasteiger partial charge is 0.233 e. The molecule has 0 aliphatic carbocycles. The third-order valence-electron chi connectivity index (χ3n) is 2.86. The van der Waals surface area contributed by atoms with Gasteiger partial charge in [-0.1, -0.05) is 18.1 Å². The van der Waals surface area contributed by atoms with E-state index < -0.39 is 0 Å². The molecule has 0 spiro atoms. The van der Waals surface area contributed by atoms with Crippen LogP contribution in [0.3, 0.4) is 0 Å². The predicted octanol–water partition coefficient (Wildman–Crippen LogP) is 2.20. The average Bonchev–Trinajstić information content (AvgIpc) is 2.44. The number of thioether (sulfide) groups is 1. The molecule has 1 amide bonds. The zero-order chi connectivity index (χ0) is 14.3. The fourth-order valence-electron chi connectivity index (χ4n) is 1.54. The van der Waals surface area contributed by atoms with E-state index in [1.807, 2.05) is 26.1 Å². The molecule has 2 N–H and O–H groups in total. The number of amides is 1. The van der Waals surface area contributed by atoms with Crippen LogP contribution < -0.4 is 10.6 Å². The Bertz CT molecular complexity index is 450. The lowest BCUT2D eigenvalue weighted by Gasteiger charge is -2.13. The van der Waals surface area contributed by atoms with E-state index in [1.54, 1.807) is 0 Å². The van der Waals surface area contributed by atoms with Crippen LogP contribution in [-0.4, -0.2) is 24.7 Å². The molecule has 0 aliphatic heterocycles. The van der Waals surface area contributed by atoms with Crippen molar-refractivity contribution >= 4 is 17.7 Å². The molecule has 1 aromatic rings. The predicted molar refractivity (Wildman–Crippen MR) is 81.1 cm³/mol. The molecule has 2 atom stereocenters. The van der Waals surface area contributed by atoms with E-state index in [1.165, 1.54) is 17.3 Å². The van der Waals surface area contributed by atoms with Crippen molar-refractivity contribution in [1.82, 2.24) is 10.6 Å². The zero-order valence-corrected chi connectivity index (χ0v) is 12.4. The summed E-state index contributed by atoms with van der Waals surface area (Å²) in [6.07, 6.45) is 5.11. The van der Waals surface area contributed by atoms with Crippen LogP contribution in [0.15, 0.2) is 29.2 Å². The van der Waals surface area contributed by atoms with Crippen molar-refractivity contribution in [2.45, 2.75) is 30.0 Å². The number of hydrogen-bond donors (Lipinski definition) is 2. The second-order valence-electron chi connectivity index (χ2n) is 4.26. The maximum atomic E-state index is 11.7. The van der Waals surface area contributed by atoms with Crippen LogP contribution in [-0.2, 0) is 4.79 Å². The lowest BCUT2D eigenvalue weighted by atomic mass is 10.1. The largest absolute Gasteiger partial charge is 0.344 e. The summed E-state index contributed by atoms with van der Waals surface area (Å²) < 4.78 is 0. The molecule has 0 radical (unpaired) electrons. The van der Waals surface area contributed by atoms with Gasteiger partial charge in [-0.2, -0.15) is 0 Å². The highest BCUT2D eigenvalue weighted by atomic mass is 32.2. The van der Waals surface area contributed by atoms with Crippen molar-refractivity contribution in [3.63, 3.8) is 0 Å². The van der Waals surface area contributed by atoms with Gasteiger partial charge < -0.3 is 10.6 Å². The van der Waals surface area contributed by atoms with Gasteiger partial charge in [0.25, 0.3) is 0 Å². The number of hydrogen-bond acceptors (Lipinski definition) is 3. The number of nitrogens with one attached hydrogen (secondary N) is 2. The summed E-state index contributed by atoms with van der Waals surface area (Å²) in [6, 6.07) is 8.57. The Hall–Kier alpha value is -1.44. The third kappa shape index (κ3) is 4.98. The van der Waals surface area contributed by atoms with E-state index in [0.29, 0.717) is 6.04 Å². The van der Waals surface area contributed by atoms with Gasteiger partial charge in [0.1, 0.15) is 0 Å². The Kier molecular flexibility index (Phi) is 6.48. The molecule has 0 saturated heterocycles. The molecule has 0 aliphatic rings. The van der Waals surface area contributed by atoms with Crippen molar-refractivity contribution in [3.8, 4) is 12.3 Å². The highest BCUT2D eigenvalue weighted by Crippen LogP contribution is 2.24. The zero-order valence-electron chi connectivity index (χ0n) is 11.6. The molecule has 19 heavy (non-hydrogen) atoms. The van der Waals surface area contributed by atoms with Crippen molar-refractivity contribution in [2.75, 3.05) is 13.6 Å². The lowest BCUT2D eigenvalue weighted by molar-refractivity contribution is -0.120. The van der Waals surface area contributed by atoms with E-state index in [4.69, 9.17) is 6.42 Å². The van der Waals surface area contributed by atoms with Crippen LogP contribution in [0.5, 0.6) is 0 Å². The van der Waals surface area contributed by atoms with Crippen LogP contribution in [0, 0.1) is 12.3 Å². The maximum Gasteiger partial charge on any atom is 0.233 e. The normalized spacial score (nSPS) is 13.4. The van der Waals surface area contributed by atoms with Crippen LogP contribution in [0.2, 0.25) is 0 Å². The highest BCUT2D eigenvalue weighted by Gasteiger charge is 2.13. The molecule has 0 fully saturated rings. The third-order valence-corrected chi connectivity index (χ3v) is 3.97. The molecule has 1 aromatic carbocycles. The fourth-order valence-corrected chi connectivity index (χ4v) is 2.43. The van der Waals surface area contributed by atoms with E-state index in [0.717, 1.165) is 4.90 Å². The summed E-state index contributed by atoms with van der Waals surface area (Å²) in [6.45, 7) is 4.26. The summed E-state index contributed by atoms with van der Waals surface area (Å²) >= 11 is 1.53. The van der Waals surface area contributed by atoms with E-state index >= 15 is 0 Å². The first kappa shape index (κ1) is 15.6. The molecule has 0 bridgehead atoms. The second kappa shape index (κ2) is 7.88. The average molecular weight is 276 g/mol. The van der Waals surface area contributed by atoms with Crippen LogP contribution in [0.25, 0.3) is 0 Å². The summed E-state index contributed by atoms with van der Waals surface area (Å²) in [5.41, 5.74) is 1.23. The van der Waals surface area contributed by atoms with Gasteiger partial charge in [-0.3, -0.25) is 4.79 Å². The fraction of sp³-hybridized carbons (Fsp3) is 0.400. The molecule has 0 saturated carbocycles.